The number of hydrogen-bond donors (Lipinski definition) is 1. The van der Waals surface area contributed by atoms with Crippen LogP contribution in [0.1, 0.15) is 167 Å². The van der Waals surface area contributed by atoms with Crippen LogP contribution in [0.4, 0.5) is 0 Å². The second-order valence-electron chi connectivity index (χ2n) is 19.9. The molecule has 0 radical (unpaired) electrons. The summed E-state index contributed by atoms with van der Waals surface area (Å²) < 4.78 is 18.0. The van der Waals surface area contributed by atoms with E-state index in [0.717, 1.165) is 65.7 Å². The Bertz CT molecular complexity index is 942. The predicted octanol–water partition coefficient (Wildman–Crippen LogP) is 9.40. The van der Waals surface area contributed by atoms with Crippen LogP contribution < -0.4 is 0 Å². The van der Waals surface area contributed by atoms with Gasteiger partial charge in [-0.3, -0.25) is 9.80 Å². The molecule has 6 heteroatoms. The molecular formula is C46H80N2O4. The zero-order chi connectivity index (χ0) is 35.6. The first-order chi connectivity index (χ1) is 25.6. The highest BCUT2D eigenvalue weighted by atomic mass is 16.5. The molecule has 0 amide bonds. The first kappa shape index (κ1) is 38.6. The molecule has 0 spiro atoms. The summed E-state index contributed by atoms with van der Waals surface area (Å²) in [6.45, 7) is 0.393. The number of ether oxygens (including phenoxy) is 3. The molecule has 8 saturated carbocycles. The Kier molecular flexibility index (Phi) is 13.3. The summed E-state index contributed by atoms with van der Waals surface area (Å²) in [5, 5.41) is 10.2. The fourth-order valence-corrected chi connectivity index (χ4v) is 15.2. The Morgan fingerprint density at radius 1 is 0.404 bits per heavy atom. The van der Waals surface area contributed by atoms with Crippen LogP contribution in [0.5, 0.6) is 0 Å². The molecule has 8 atom stereocenters. The minimum Gasteiger partial charge on any atom is -0.396 e. The van der Waals surface area contributed by atoms with Crippen molar-refractivity contribution >= 4 is 0 Å². The number of nitrogens with zero attached hydrogens (tertiary/aromatic N) is 2. The lowest BCUT2D eigenvalue weighted by molar-refractivity contribution is -0.158. The first-order valence-corrected chi connectivity index (χ1v) is 23.3. The van der Waals surface area contributed by atoms with Gasteiger partial charge in [0, 0.05) is 64.2 Å². The average molecular weight is 725 g/mol. The van der Waals surface area contributed by atoms with Crippen molar-refractivity contribution in [2.45, 2.75) is 222 Å². The van der Waals surface area contributed by atoms with Crippen molar-refractivity contribution in [2.24, 2.45) is 41.4 Å². The Morgan fingerprint density at radius 3 is 1.06 bits per heavy atom. The molecule has 0 aliphatic heterocycles. The Morgan fingerprint density at radius 2 is 0.731 bits per heavy atom. The topological polar surface area (TPSA) is 54.4 Å². The second kappa shape index (κ2) is 17.9. The minimum absolute atomic E-state index is 0.393. The maximum atomic E-state index is 10.2. The number of methoxy groups -OCH3 is 3. The molecule has 1 N–H and O–H groups in total. The molecule has 6 nitrogen and oxygen atoms in total. The van der Waals surface area contributed by atoms with Gasteiger partial charge in [-0.1, -0.05) is 38.5 Å². The average Bonchev–Trinajstić information content (AvgIpc) is 3.21. The third-order valence-corrected chi connectivity index (χ3v) is 17.8. The minimum atomic E-state index is 0.393. The maximum absolute atomic E-state index is 10.2. The van der Waals surface area contributed by atoms with Crippen LogP contribution in [-0.2, 0) is 14.2 Å². The van der Waals surface area contributed by atoms with Crippen LogP contribution >= 0.6 is 0 Å². The van der Waals surface area contributed by atoms with Gasteiger partial charge in [0.25, 0.3) is 0 Å². The van der Waals surface area contributed by atoms with E-state index in [-0.39, 0.29) is 0 Å². The summed E-state index contributed by atoms with van der Waals surface area (Å²) in [5.41, 5.74) is 0. The van der Waals surface area contributed by atoms with Gasteiger partial charge in [-0.15, -0.1) is 0 Å². The number of fused-ring (bicyclic) bond motifs is 3. The summed E-state index contributed by atoms with van der Waals surface area (Å²) in [5.74, 6) is 5.89. The molecule has 8 unspecified atom stereocenters. The highest BCUT2D eigenvalue weighted by Gasteiger charge is 2.59. The van der Waals surface area contributed by atoms with E-state index in [1.54, 1.807) is 0 Å². The van der Waals surface area contributed by atoms with E-state index in [9.17, 15) is 5.11 Å². The lowest BCUT2D eigenvalue weighted by Crippen LogP contribution is -2.68. The number of rotatable bonds is 10. The molecule has 8 rings (SSSR count). The molecule has 0 aromatic rings. The molecule has 52 heavy (non-hydrogen) atoms. The third kappa shape index (κ3) is 7.98. The summed E-state index contributed by atoms with van der Waals surface area (Å²) in [4.78, 5) is 6.70. The highest BCUT2D eigenvalue weighted by Crippen LogP contribution is 2.59. The van der Waals surface area contributed by atoms with E-state index < -0.39 is 0 Å². The standard InChI is InChI=1S/C46H80N2O4/c1-50-38-22-16-35(17-23-38)47(34-14-12-31(30-49)13-15-34)45-41-10-6-4-8-32(41)29-44-43(45)28-33-9-5-7-11-42(33)46(44)48(36-18-24-39(51-2)25-19-36)37-20-26-40(52-3)27-21-37/h31-46,49H,4-30H2,1-3H3. The smallest absolute Gasteiger partial charge is 0.0572 e. The van der Waals surface area contributed by atoms with Gasteiger partial charge in [-0.25, -0.2) is 0 Å². The van der Waals surface area contributed by atoms with Crippen LogP contribution in [0.15, 0.2) is 0 Å². The number of hydrogen-bond acceptors (Lipinski definition) is 6. The molecule has 0 bridgehead atoms. The molecule has 0 saturated heterocycles. The normalized spacial score (nSPS) is 47.4. The maximum Gasteiger partial charge on any atom is 0.0572 e. The summed E-state index contributed by atoms with van der Waals surface area (Å²) in [6, 6.07) is 4.45. The van der Waals surface area contributed by atoms with Crippen molar-refractivity contribution in [1.29, 1.82) is 0 Å². The summed E-state index contributed by atoms with van der Waals surface area (Å²) >= 11 is 0. The van der Waals surface area contributed by atoms with Crippen LogP contribution in [0.2, 0.25) is 0 Å². The zero-order valence-corrected chi connectivity index (χ0v) is 33.9. The molecule has 298 valence electrons. The van der Waals surface area contributed by atoms with Gasteiger partial charge < -0.3 is 19.3 Å². The fraction of sp³-hybridized carbons (Fsp3) is 1.00. The van der Waals surface area contributed by atoms with E-state index >= 15 is 0 Å². The van der Waals surface area contributed by atoms with Crippen molar-refractivity contribution < 1.29 is 19.3 Å². The number of aliphatic hydroxyl groups excluding tert-OH is 1. The molecule has 8 aliphatic rings. The van der Waals surface area contributed by atoms with E-state index in [1.165, 1.54) is 167 Å². The van der Waals surface area contributed by atoms with Crippen LogP contribution in [0.25, 0.3) is 0 Å². The van der Waals surface area contributed by atoms with E-state index in [0.29, 0.717) is 36.9 Å². The Labute approximate surface area is 319 Å². The van der Waals surface area contributed by atoms with Gasteiger partial charge in [0.15, 0.2) is 0 Å². The lowest BCUT2D eigenvalue weighted by Gasteiger charge is -2.65. The van der Waals surface area contributed by atoms with Gasteiger partial charge in [0.05, 0.1) is 18.3 Å². The second-order valence-corrected chi connectivity index (χ2v) is 19.9. The van der Waals surface area contributed by atoms with Crippen molar-refractivity contribution in [3.8, 4) is 0 Å². The van der Waals surface area contributed by atoms with Gasteiger partial charge in [0.2, 0.25) is 0 Å². The monoisotopic (exact) mass is 725 g/mol. The Hall–Kier alpha value is -0.240. The van der Waals surface area contributed by atoms with Crippen LogP contribution in [0.3, 0.4) is 0 Å². The zero-order valence-electron chi connectivity index (χ0n) is 33.9. The Balaban J connectivity index is 1.18. The summed E-state index contributed by atoms with van der Waals surface area (Å²) in [7, 11) is 5.87. The van der Waals surface area contributed by atoms with Crippen molar-refractivity contribution in [1.82, 2.24) is 9.80 Å². The molecular weight excluding hydrogens is 645 g/mol. The largest absolute Gasteiger partial charge is 0.396 e. The molecule has 0 heterocycles. The fourth-order valence-electron chi connectivity index (χ4n) is 15.2. The molecule has 0 aromatic carbocycles. The molecule has 8 aliphatic carbocycles. The van der Waals surface area contributed by atoms with Gasteiger partial charge in [0.1, 0.15) is 0 Å². The third-order valence-electron chi connectivity index (χ3n) is 17.8. The van der Waals surface area contributed by atoms with Crippen molar-refractivity contribution in [2.75, 3.05) is 27.9 Å². The molecule has 8 fully saturated rings. The van der Waals surface area contributed by atoms with Gasteiger partial charge >= 0.3 is 0 Å². The molecule has 0 aromatic heterocycles. The first-order valence-electron chi connectivity index (χ1n) is 23.3. The van der Waals surface area contributed by atoms with Crippen molar-refractivity contribution in [3.63, 3.8) is 0 Å². The predicted molar refractivity (Wildman–Crippen MR) is 210 cm³/mol. The van der Waals surface area contributed by atoms with E-state index in [2.05, 4.69) is 9.80 Å². The highest BCUT2D eigenvalue weighted by molar-refractivity contribution is 5.11. The van der Waals surface area contributed by atoms with Crippen molar-refractivity contribution in [3.05, 3.63) is 0 Å². The van der Waals surface area contributed by atoms with Crippen LogP contribution in [-0.4, -0.2) is 97.4 Å². The van der Waals surface area contributed by atoms with E-state index in [1.807, 2.05) is 21.3 Å². The lowest BCUT2D eigenvalue weighted by atomic mass is 9.50. The van der Waals surface area contributed by atoms with Gasteiger partial charge in [-0.2, -0.15) is 0 Å². The van der Waals surface area contributed by atoms with Crippen LogP contribution in [0, 0.1) is 41.4 Å². The SMILES string of the molecule is COC1CCC(N(C2CCC(CO)CC2)C2C3CCCCC3CC3C2CC2CCCCC2C3N(C2CCC(OC)CC2)C2CCC(OC)CC2)CC1. The quantitative estimate of drug-likeness (QED) is 0.242. The van der Waals surface area contributed by atoms with E-state index in [4.69, 9.17) is 14.2 Å². The summed E-state index contributed by atoms with van der Waals surface area (Å²) in [6.07, 6.45) is 36.9. The van der Waals surface area contributed by atoms with Gasteiger partial charge in [-0.05, 0) is 170 Å². The number of aliphatic hydroxyl groups is 1.